The second-order valence-electron chi connectivity index (χ2n) is 9.77. The van der Waals surface area contributed by atoms with E-state index in [9.17, 15) is 19.2 Å². The maximum absolute atomic E-state index is 13.5. The topological polar surface area (TPSA) is 117 Å². The molecule has 10 heteroatoms. The third-order valence-electron chi connectivity index (χ3n) is 6.71. The fourth-order valence-corrected chi connectivity index (χ4v) is 4.54. The second kappa shape index (κ2) is 12.2. The molecule has 2 heterocycles. The summed E-state index contributed by atoms with van der Waals surface area (Å²) in [7, 11) is 1.66. The molecule has 2 aliphatic rings. The smallest absolute Gasteiger partial charge is 0.255 e. The first-order chi connectivity index (χ1) is 17.1. The molecule has 0 aromatic heterocycles. The summed E-state index contributed by atoms with van der Waals surface area (Å²) in [6, 6.07) is 4.85. The Morgan fingerprint density at radius 1 is 1.11 bits per heavy atom. The van der Waals surface area contributed by atoms with Gasteiger partial charge in [-0.2, -0.15) is 0 Å². The quantitative estimate of drug-likeness (QED) is 0.641. The van der Waals surface area contributed by atoms with Crippen LogP contribution in [0.25, 0.3) is 0 Å². The lowest BCUT2D eigenvalue weighted by molar-refractivity contribution is -0.146. The van der Waals surface area contributed by atoms with Gasteiger partial charge in [0.05, 0.1) is 30.7 Å². The van der Waals surface area contributed by atoms with Gasteiger partial charge in [0, 0.05) is 20.1 Å². The molecule has 1 saturated heterocycles. The molecule has 0 aliphatic carbocycles. The van der Waals surface area contributed by atoms with Gasteiger partial charge in [0.15, 0.2) is 0 Å². The number of carbonyl (C=O) groups excluding carboxylic acids is 4. The van der Waals surface area contributed by atoms with Gasteiger partial charge in [0.1, 0.15) is 24.4 Å². The van der Waals surface area contributed by atoms with E-state index in [2.05, 4.69) is 10.6 Å². The van der Waals surface area contributed by atoms with Gasteiger partial charge in [-0.1, -0.05) is 32.4 Å². The Kier molecular flexibility index (Phi) is 9.31. The van der Waals surface area contributed by atoms with E-state index in [1.165, 1.54) is 4.90 Å². The summed E-state index contributed by atoms with van der Waals surface area (Å²) in [6.07, 6.45) is 0.0462. The maximum Gasteiger partial charge on any atom is 0.255 e. The van der Waals surface area contributed by atoms with Gasteiger partial charge >= 0.3 is 0 Å². The lowest BCUT2D eigenvalue weighted by atomic mass is 9.97. The second-order valence-corrected chi connectivity index (χ2v) is 9.77. The maximum atomic E-state index is 13.5. The van der Waals surface area contributed by atoms with Crippen molar-refractivity contribution in [1.29, 1.82) is 0 Å². The van der Waals surface area contributed by atoms with Crippen molar-refractivity contribution < 1.29 is 28.7 Å². The van der Waals surface area contributed by atoms with E-state index in [1.54, 1.807) is 36.2 Å². The first-order valence-corrected chi connectivity index (χ1v) is 12.6. The highest BCUT2D eigenvalue weighted by molar-refractivity contribution is 6.01. The zero-order valence-corrected chi connectivity index (χ0v) is 21.8. The van der Waals surface area contributed by atoms with Crippen LogP contribution in [0.5, 0.6) is 5.75 Å². The van der Waals surface area contributed by atoms with Crippen molar-refractivity contribution >= 4 is 23.6 Å². The van der Waals surface area contributed by atoms with Gasteiger partial charge in [-0.3, -0.25) is 19.2 Å². The molecule has 0 radical (unpaired) electrons. The Morgan fingerprint density at radius 2 is 1.78 bits per heavy atom. The molecule has 0 saturated carbocycles. The fourth-order valence-electron chi connectivity index (χ4n) is 4.54. The van der Waals surface area contributed by atoms with Crippen molar-refractivity contribution in [3.63, 3.8) is 0 Å². The van der Waals surface area contributed by atoms with E-state index in [0.717, 1.165) is 0 Å². The summed E-state index contributed by atoms with van der Waals surface area (Å²) in [5.41, 5.74) is 0.253. The number of carbonyl (C=O) groups is 4. The third kappa shape index (κ3) is 6.75. The number of hydrogen-bond acceptors (Lipinski definition) is 6. The Balaban J connectivity index is 1.94. The third-order valence-corrected chi connectivity index (χ3v) is 6.71. The van der Waals surface area contributed by atoms with Crippen LogP contribution in [0.3, 0.4) is 0 Å². The molecule has 2 aliphatic heterocycles. The van der Waals surface area contributed by atoms with Gasteiger partial charge in [-0.15, -0.1) is 0 Å². The fraction of sp³-hybridized carbons (Fsp3) is 0.615. The van der Waals surface area contributed by atoms with Crippen LogP contribution in [0.15, 0.2) is 24.3 Å². The van der Waals surface area contributed by atoms with E-state index in [-0.39, 0.29) is 55.1 Å². The summed E-state index contributed by atoms with van der Waals surface area (Å²) < 4.78 is 11.6. The summed E-state index contributed by atoms with van der Waals surface area (Å²) in [5, 5.41) is 5.58. The zero-order chi connectivity index (χ0) is 26.4. The standard InChI is InChI=1S/C26H38N4O6/c1-6-16(2)23-26(34)29(5)11-12-35-21-10-8-7-9-19(21)24(32)27-20(13-22(31)28-23)25(33)30-14-17(3)36-18(4)15-30/h7-10,16-18,20,23H,6,11-15H2,1-5H3,(H,27,32)(H,28,31)/t16-,17-,18+,20-,23-/m0/s1. The van der Waals surface area contributed by atoms with E-state index >= 15 is 0 Å². The molecule has 0 bridgehead atoms. The SMILES string of the molecule is CC[C@H](C)[C@@H]1NC(=O)C[C@@H](C(=O)N2C[C@@H](C)O[C@@H](C)C2)NC(=O)c2ccccc2OCCN(C)C1=O. The van der Waals surface area contributed by atoms with Crippen LogP contribution in [0.2, 0.25) is 0 Å². The molecular weight excluding hydrogens is 464 g/mol. The van der Waals surface area contributed by atoms with Crippen LogP contribution in [0.4, 0.5) is 0 Å². The Hall–Kier alpha value is -3.14. The van der Waals surface area contributed by atoms with Crippen LogP contribution in [-0.4, -0.2) is 91.0 Å². The van der Waals surface area contributed by atoms with Gasteiger partial charge in [0.25, 0.3) is 5.91 Å². The largest absolute Gasteiger partial charge is 0.491 e. The highest BCUT2D eigenvalue weighted by atomic mass is 16.5. The monoisotopic (exact) mass is 502 g/mol. The predicted molar refractivity (Wildman–Crippen MR) is 133 cm³/mol. The summed E-state index contributed by atoms with van der Waals surface area (Å²) in [5.74, 6) is -1.36. The highest BCUT2D eigenvalue weighted by Crippen LogP contribution is 2.20. The first-order valence-electron chi connectivity index (χ1n) is 12.6. The summed E-state index contributed by atoms with van der Waals surface area (Å²) in [6.45, 7) is 8.76. The number of ether oxygens (including phenoxy) is 2. The van der Waals surface area contributed by atoms with Crippen LogP contribution in [-0.2, 0) is 19.1 Å². The number of benzene rings is 1. The molecule has 1 aromatic carbocycles. The zero-order valence-electron chi connectivity index (χ0n) is 21.8. The van der Waals surface area contributed by atoms with Gasteiger partial charge in [0.2, 0.25) is 17.7 Å². The van der Waals surface area contributed by atoms with Gasteiger partial charge < -0.3 is 29.9 Å². The number of amides is 4. The summed E-state index contributed by atoms with van der Waals surface area (Å²) >= 11 is 0. The molecule has 10 nitrogen and oxygen atoms in total. The van der Waals surface area contributed by atoms with Gasteiger partial charge in [-0.05, 0) is 31.9 Å². The average molecular weight is 503 g/mol. The van der Waals surface area contributed by atoms with E-state index in [1.807, 2.05) is 27.7 Å². The number of nitrogens with zero attached hydrogens (tertiary/aromatic N) is 2. The Labute approximate surface area is 212 Å². The lowest BCUT2D eigenvalue weighted by Crippen LogP contribution is -2.57. The normalized spacial score (nSPS) is 27.2. The Bertz CT molecular complexity index is 960. The molecule has 198 valence electrons. The number of para-hydroxylation sites is 1. The Morgan fingerprint density at radius 3 is 2.44 bits per heavy atom. The summed E-state index contributed by atoms with van der Waals surface area (Å²) in [4.78, 5) is 56.3. The molecular formula is C26H38N4O6. The number of likely N-dealkylation sites (N-methyl/N-ethyl adjacent to an activating group) is 1. The molecule has 1 aromatic rings. The number of hydrogen-bond donors (Lipinski definition) is 2. The molecule has 0 unspecified atom stereocenters. The molecule has 4 amide bonds. The number of morpholine rings is 1. The first kappa shape index (κ1) is 27.4. The van der Waals surface area contributed by atoms with E-state index < -0.39 is 23.9 Å². The minimum Gasteiger partial charge on any atom is -0.491 e. The van der Waals surface area contributed by atoms with Crippen LogP contribution < -0.4 is 15.4 Å². The van der Waals surface area contributed by atoms with Crippen LogP contribution in [0.1, 0.15) is 50.9 Å². The van der Waals surface area contributed by atoms with Crippen molar-refractivity contribution in [3.8, 4) is 5.75 Å². The number of rotatable bonds is 3. The molecule has 3 rings (SSSR count). The van der Waals surface area contributed by atoms with Gasteiger partial charge in [-0.25, -0.2) is 0 Å². The number of fused-ring (bicyclic) bond motifs is 1. The molecule has 36 heavy (non-hydrogen) atoms. The lowest BCUT2D eigenvalue weighted by Gasteiger charge is -2.37. The molecule has 5 atom stereocenters. The number of nitrogens with one attached hydrogen (secondary N) is 2. The molecule has 1 fully saturated rings. The average Bonchev–Trinajstić information content (AvgIpc) is 2.84. The highest BCUT2D eigenvalue weighted by Gasteiger charge is 2.35. The van der Waals surface area contributed by atoms with Crippen molar-refractivity contribution in [2.24, 2.45) is 5.92 Å². The minimum atomic E-state index is -1.11. The van der Waals surface area contributed by atoms with E-state index in [0.29, 0.717) is 25.3 Å². The van der Waals surface area contributed by atoms with Crippen molar-refractivity contribution in [3.05, 3.63) is 29.8 Å². The molecule has 2 N–H and O–H groups in total. The van der Waals surface area contributed by atoms with Crippen molar-refractivity contribution in [1.82, 2.24) is 20.4 Å². The van der Waals surface area contributed by atoms with Crippen LogP contribution >= 0.6 is 0 Å². The van der Waals surface area contributed by atoms with Crippen molar-refractivity contribution in [2.75, 3.05) is 33.3 Å². The van der Waals surface area contributed by atoms with Crippen LogP contribution in [0, 0.1) is 5.92 Å². The minimum absolute atomic E-state index is 0.122. The molecule has 0 spiro atoms. The van der Waals surface area contributed by atoms with Crippen molar-refractivity contribution in [2.45, 2.75) is 64.8 Å². The van der Waals surface area contributed by atoms with E-state index in [4.69, 9.17) is 9.47 Å². The predicted octanol–water partition coefficient (Wildman–Crippen LogP) is 1.19.